The van der Waals surface area contributed by atoms with Gasteiger partial charge < -0.3 is 0 Å². The number of hydroxylamine groups is 2. The summed E-state index contributed by atoms with van der Waals surface area (Å²) in [6, 6.07) is 7.44. The predicted octanol–water partition coefficient (Wildman–Crippen LogP) is 1.64. The zero-order valence-corrected chi connectivity index (χ0v) is 7.20. The van der Waals surface area contributed by atoms with Crippen molar-refractivity contribution in [1.29, 1.82) is 5.41 Å². The Balaban J connectivity index is 2.90. The van der Waals surface area contributed by atoms with Crippen LogP contribution in [0.4, 0.5) is 0 Å². The largest absolute Gasteiger partial charge is 0.287 e. The summed E-state index contributed by atoms with van der Waals surface area (Å²) in [5.41, 5.74) is 1.86. The number of nitrogens with one attached hydrogen (secondary N) is 1. The third-order valence-corrected chi connectivity index (χ3v) is 1.65. The van der Waals surface area contributed by atoms with Crippen molar-refractivity contribution < 1.29 is 5.21 Å². The van der Waals surface area contributed by atoms with Gasteiger partial charge in [-0.3, -0.25) is 10.6 Å². The van der Waals surface area contributed by atoms with E-state index >= 15 is 0 Å². The van der Waals surface area contributed by atoms with E-state index in [1.165, 1.54) is 7.05 Å². The van der Waals surface area contributed by atoms with Crippen LogP contribution in [0.5, 0.6) is 0 Å². The number of hydrogen-bond donors (Lipinski definition) is 2. The van der Waals surface area contributed by atoms with Crippen LogP contribution in [0.1, 0.15) is 11.1 Å². The quantitative estimate of drug-likeness (QED) is 0.376. The van der Waals surface area contributed by atoms with E-state index in [2.05, 4.69) is 0 Å². The molecule has 0 fully saturated rings. The lowest BCUT2D eigenvalue weighted by atomic mass is 10.1. The lowest BCUT2D eigenvalue weighted by molar-refractivity contribution is 0.0133. The Kier molecular flexibility index (Phi) is 2.45. The van der Waals surface area contributed by atoms with Gasteiger partial charge in [-0.1, -0.05) is 29.8 Å². The SMILES string of the molecule is Cc1ccc(C(=N)N(C)O)cc1. The second kappa shape index (κ2) is 3.36. The molecule has 0 aromatic heterocycles. The third kappa shape index (κ3) is 1.83. The first-order valence-corrected chi connectivity index (χ1v) is 3.69. The Bertz CT molecular complexity index is 277. The first kappa shape index (κ1) is 8.74. The van der Waals surface area contributed by atoms with E-state index in [1.807, 2.05) is 31.2 Å². The van der Waals surface area contributed by atoms with Crippen LogP contribution in [-0.2, 0) is 0 Å². The maximum absolute atomic E-state index is 8.95. The smallest absolute Gasteiger partial charge is 0.151 e. The average molecular weight is 164 g/mol. The standard InChI is InChI=1S/C9H12N2O/c1-7-3-5-8(6-4-7)9(10)11(2)12/h3-6,10,12H,1-2H3. The van der Waals surface area contributed by atoms with E-state index in [9.17, 15) is 0 Å². The number of benzene rings is 1. The minimum atomic E-state index is 0.106. The van der Waals surface area contributed by atoms with Crippen LogP contribution in [0.3, 0.4) is 0 Å². The Morgan fingerprint density at radius 2 is 1.83 bits per heavy atom. The molecular formula is C9H12N2O. The summed E-state index contributed by atoms with van der Waals surface area (Å²) >= 11 is 0. The Morgan fingerprint density at radius 3 is 2.25 bits per heavy atom. The lowest BCUT2D eigenvalue weighted by Gasteiger charge is -2.11. The van der Waals surface area contributed by atoms with Gasteiger partial charge in [-0.2, -0.15) is 0 Å². The normalized spacial score (nSPS) is 9.58. The summed E-state index contributed by atoms with van der Waals surface area (Å²) < 4.78 is 0. The van der Waals surface area contributed by atoms with Crippen molar-refractivity contribution in [1.82, 2.24) is 5.06 Å². The molecule has 0 atom stereocenters. The maximum atomic E-state index is 8.95. The van der Waals surface area contributed by atoms with Crippen LogP contribution in [-0.4, -0.2) is 23.2 Å². The molecule has 0 aliphatic carbocycles. The summed E-state index contributed by atoms with van der Waals surface area (Å²) in [4.78, 5) is 0. The highest BCUT2D eigenvalue weighted by molar-refractivity contribution is 5.95. The molecule has 2 N–H and O–H groups in total. The van der Waals surface area contributed by atoms with Crippen LogP contribution in [0.25, 0.3) is 0 Å². The monoisotopic (exact) mass is 164 g/mol. The number of hydrogen-bond acceptors (Lipinski definition) is 2. The van der Waals surface area contributed by atoms with Gasteiger partial charge in [0.25, 0.3) is 0 Å². The van der Waals surface area contributed by atoms with Crippen molar-refractivity contribution in [3.05, 3.63) is 35.4 Å². The van der Waals surface area contributed by atoms with Crippen LogP contribution in [0, 0.1) is 12.3 Å². The molecule has 0 unspecified atom stereocenters. The molecule has 12 heavy (non-hydrogen) atoms. The summed E-state index contributed by atoms with van der Waals surface area (Å²) in [5.74, 6) is 0.106. The lowest BCUT2D eigenvalue weighted by Crippen LogP contribution is -2.22. The molecule has 0 amide bonds. The van der Waals surface area contributed by atoms with Crippen molar-refractivity contribution in [3.63, 3.8) is 0 Å². The Morgan fingerprint density at radius 1 is 1.33 bits per heavy atom. The minimum absolute atomic E-state index is 0.106. The third-order valence-electron chi connectivity index (χ3n) is 1.65. The van der Waals surface area contributed by atoms with Crippen molar-refractivity contribution in [2.45, 2.75) is 6.92 Å². The van der Waals surface area contributed by atoms with Crippen molar-refractivity contribution >= 4 is 5.84 Å². The summed E-state index contributed by atoms with van der Waals surface area (Å²) in [7, 11) is 1.43. The highest BCUT2D eigenvalue weighted by Gasteiger charge is 2.02. The van der Waals surface area contributed by atoms with Gasteiger partial charge in [0.2, 0.25) is 0 Å². The molecule has 0 aliphatic rings. The van der Waals surface area contributed by atoms with Gasteiger partial charge in [-0.15, -0.1) is 0 Å². The first-order valence-electron chi connectivity index (χ1n) is 3.69. The van der Waals surface area contributed by atoms with Crippen molar-refractivity contribution in [3.8, 4) is 0 Å². The zero-order valence-electron chi connectivity index (χ0n) is 7.20. The summed E-state index contributed by atoms with van der Waals surface area (Å²) in [6.45, 7) is 1.98. The number of rotatable bonds is 1. The summed E-state index contributed by atoms with van der Waals surface area (Å²) in [6.07, 6.45) is 0. The molecule has 1 aromatic rings. The molecule has 0 heterocycles. The molecular weight excluding hydrogens is 152 g/mol. The highest BCUT2D eigenvalue weighted by atomic mass is 16.5. The molecule has 0 spiro atoms. The molecule has 1 aromatic carbocycles. The average Bonchev–Trinajstić information content (AvgIpc) is 2.04. The molecule has 0 saturated carbocycles. The highest BCUT2D eigenvalue weighted by Crippen LogP contribution is 2.04. The van der Waals surface area contributed by atoms with Gasteiger partial charge in [0, 0.05) is 12.6 Å². The molecule has 0 radical (unpaired) electrons. The number of aryl methyl sites for hydroxylation is 1. The van der Waals surface area contributed by atoms with Crippen LogP contribution in [0.2, 0.25) is 0 Å². The molecule has 3 nitrogen and oxygen atoms in total. The van der Waals surface area contributed by atoms with E-state index in [1.54, 1.807) is 0 Å². The fraction of sp³-hybridized carbons (Fsp3) is 0.222. The van der Waals surface area contributed by atoms with Crippen molar-refractivity contribution in [2.24, 2.45) is 0 Å². The molecule has 1 rings (SSSR count). The van der Waals surface area contributed by atoms with Crippen LogP contribution in [0.15, 0.2) is 24.3 Å². The fourth-order valence-electron chi connectivity index (χ4n) is 0.898. The zero-order chi connectivity index (χ0) is 9.14. The molecule has 0 aliphatic heterocycles. The number of amidine groups is 1. The van der Waals surface area contributed by atoms with E-state index in [0.29, 0.717) is 5.56 Å². The van der Waals surface area contributed by atoms with Gasteiger partial charge >= 0.3 is 0 Å². The van der Waals surface area contributed by atoms with Gasteiger partial charge in [0.05, 0.1) is 0 Å². The molecule has 3 heteroatoms. The number of nitrogens with zero attached hydrogens (tertiary/aromatic N) is 1. The first-order chi connectivity index (χ1) is 5.61. The van der Waals surface area contributed by atoms with Crippen molar-refractivity contribution in [2.75, 3.05) is 7.05 Å². The van der Waals surface area contributed by atoms with Gasteiger partial charge in [0.15, 0.2) is 5.84 Å². The van der Waals surface area contributed by atoms with Crippen LogP contribution < -0.4 is 0 Å². The molecule has 64 valence electrons. The molecule has 0 bridgehead atoms. The van der Waals surface area contributed by atoms with E-state index in [0.717, 1.165) is 10.6 Å². The van der Waals surface area contributed by atoms with E-state index < -0.39 is 0 Å². The topological polar surface area (TPSA) is 47.3 Å². The minimum Gasteiger partial charge on any atom is -0.287 e. The predicted molar refractivity (Wildman–Crippen MR) is 47.6 cm³/mol. The van der Waals surface area contributed by atoms with Gasteiger partial charge in [0.1, 0.15) is 0 Å². The van der Waals surface area contributed by atoms with Gasteiger partial charge in [-0.25, -0.2) is 5.06 Å². The second-order valence-electron chi connectivity index (χ2n) is 2.74. The fourth-order valence-corrected chi connectivity index (χ4v) is 0.898. The maximum Gasteiger partial charge on any atom is 0.151 e. The molecule has 0 saturated heterocycles. The Hall–Kier alpha value is -1.35. The second-order valence-corrected chi connectivity index (χ2v) is 2.74. The Labute approximate surface area is 71.7 Å². The van der Waals surface area contributed by atoms with Crippen LogP contribution >= 0.6 is 0 Å². The summed E-state index contributed by atoms with van der Waals surface area (Å²) in [5, 5.41) is 17.2. The van der Waals surface area contributed by atoms with E-state index in [-0.39, 0.29) is 5.84 Å². The van der Waals surface area contributed by atoms with E-state index in [4.69, 9.17) is 10.6 Å². The van der Waals surface area contributed by atoms with Gasteiger partial charge in [-0.05, 0) is 6.92 Å².